The molecule has 1 nitrogen and oxygen atoms in total. The molecule has 21 heavy (non-hydrogen) atoms. The first kappa shape index (κ1) is 16.0. The molecule has 0 spiro atoms. The molecule has 0 amide bonds. The quantitative estimate of drug-likeness (QED) is 0.737. The molecular weight excluding hydrogens is 296 g/mol. The Morgan fingerprint density at radius 1 is 0.857 bits per heavy atom. The summed E-state index contributed by atoms with van der Waals surface area (Å²) in [6.07, 6.45) is -8.35. The van der Waals surface area contributed by atoms with Gasteiger partial charge in [0.05, 0.1) is 11.5 Å². The van der Waals surface area contributed by atoms with E-state index in [-0.39, 0.29) is 37.4 Å². The Kier molecular flexibility index (Phi) is 4.39. The summed E-state index contributed by atoms with van der Waals surface area (Å²) < 4.78 is 76.1. The first-order valence-electron chi connectivity index (χ1n) is 6.67. The highest BCUT2D eigenvalue weighted by atomic mass is 19.4. The Labute approximate surface area is 118 Å². The lowest BCUT2D eigenvalue weighted by Crippen LogP contribution is -2.33. The maximum Gasteiger partial charge on any atom is 0.418 e. The third kappa shape index (κ3) is 4.04. The van der Waals surface area contributed by atoms with Gasteiger partial charge < -0.3 is 5.32 Å². The van der Waals surface area contributed by atoms with Gasteiger partial charge in [-0.1, -0.05) is 12.1 Å². The summed E-state index contributed by atoms with van der Waals surface area (Å²) in [5.41, 5.74) is -0.858. The van der Waals surface area contributed by atoms with Gasteiger partial charge in [-0.3, -0.25) is 0 Å². The third-order valence-corrected chi connectivity index (χ3v) is 3.78. The van der Waals surface area contributed by atoms with Crippen LogP contribution in [0.4, 0.5) is 32.0 Å². The average Bonchev–Trinajstić information content (AvgIpc) is 2.37. The maximum atomic E-state index is 12.8. The smallest absolute Gasteiger partial charge is 0.382 e. The summed E-state index contributed by atoms with van der Waals surface area (Å²) in [5, 5.41) is 2.74. The van der Waals surface area contributed by atoms with Crippen LogP contribution in [0.5, 0.6) is 0 Å². The van der Waals surface area contributed by atoms with Crippen LogP contribution in [0.1, 0.15) is 31.2 Å². The van der Waals surface area contributed by atoms with Crippen LogP contribution in [0.2, 0.25) is 0 Å². The first-order chi connectivity index (χ1) is 9.68. The van der Waals surface area contributed by atoms with Gasteiger partial charge in [0.15, 0.2) is 0 Å². The zero-order valence-electron chi connectivity index (χ0n) is 11.1. The summed E-state index contributed by atoms with van der Waals surface area (Å²) in [6.45, 7) is 0. The molecular formula is C14H15F6N. The predicted molar refractivity (Wildman–Crippen MR) is 66.9 cm³/mol. The van der Waals surface area contributed by atoms with Crippen molar-refractivity contribution in [1.82, 2.24) is 0 Å². The molecule has 1 fully saturated rings. The summed E-state index contributed by atoms with van der Waals surface area (Å²) in [5.74, 6) is -1.34. The van der Waals surface area contributed by atoms with E-state index in [4.69, 9.17) is 0 Å². The van der Waals surface area contributed by atoms with E-state index < -0.39 is 23.8 Å². The maximum absolute atomic E-state index is 12.8. The van der Waals surface area contributed by atoms with Crippen molar-refractivity contribution >= 4 is 5.69 Å². The van der Waals surface area contributed by atoms with Crippen molar-refractivity contribution in [3.05, 3.63) is 29.8 Å². The molecule has 7 heteroatoms. The molecule has 0 aromatic heterocycles. The van der Waals surface area contributed by atoms with Crippen LogP contribution in [0.25, 0.3) is 0 Å². The normalized spacial score (nSPS) is 23.9. The SMILES string of the molecule is FC(F)(F)c1ccccc1NC1CCC(C(F)(F)F)CC1. The molecule has 1 N–H and O–H groups in total. The van der Waals surface area contributed by atoms with Crippen LogP contribution in [0.3, 0.4) is 0 Å². The predicted octanol–water partition coefficient (Wildman–Crippen LogP) is 5.24. The number of halogens is 6. The Hall–Kier alpha value is -1.40. The minimum absolute atomic E-state index is 0.0463. The molecule has 0 aliphatic heterocycles. The van der Waals surface area contributed by atoms with Crippen LogP contribution in [-0.2, 0) is 6.18 Å². The van der Waals surface area contributed by atoms with E-state index in [2.05, 4.69) is 5.32 Å². The fourth-order valence-corrected chi connectivity index (χ4v) is 2.64. The summed E-state index contributed by atoms with van der Waals surface area (Å²) >= 11 is 0. The van der Waals surface area contributed by atoms with Gasteiger partial charge in [0.25, 0.3) is 0 Å². The number of nitrogens with one attached hydrogen (secondary N) is 1. The Morgan fingerprint density at radius 3 is 1.95 bits per heavy atom. The Balaban J connectivity index is 2.02. The topological polar surface area (TPSA) is 12.0 Å². The van der Waals surface area contributed by atoms with Crippen molar-refractivity contribution in [2.24, 2.45) is 5.92 Å². The van der Waals surface area contributed by atoms with Crippen molar-refractivity contribution < 1.29 is 26.3 Å². The first-order valence-corrected chi connectivity index (χ1v) is 6.67. The Bertz CT molecular complexity index is 471. The highest BCUT2D eigenvalue weighted by molar-refractivity contribution is 5.53. The standard InChI is InChI=1S/C14H15F6N/c15-13(16,17)9-5-7-10(8-6-9)21-12-4-2-1-3-11(12)14(18,19)20/h1-4,9-10,21H,5-8H2. The number of benzene rings is 1. The molecule has 1 aromatic rings. The molecule has 1 aliphatic rings. The van der Waals surface area contributed by atoms with E-state index in [1.807, 2.05) is 0 Å². The van der Waals surface area contributed by atoms with Gasteiger partial charge in [-0.25, -0.2) is 0 Å². The molecule has 118 valence electrons. The van der Waals surface area contributed by atoms with Crippen LogP contribution in [-0.4, -0.2) is 12.2 Å². The van der Waals surface area contributed by atoms with Crippen molar-refractivity contribution in [2.45, 2.75) is 44.1 Å². The van der Waals surface area contributed by atoms with Gasteiger partial charge in [-0.15, -0.1) is 0 Å². The number of hydrogen-bond acceptors (Lipinski definition) is 1. The van der Waals surface area contributed by atoms with Gasteiger partial charge in [0.2, 0.25) is 0 Å². The van der Waals surface area contributed by atoms with Gasteiger partial charge in [0.1, 0.15) is 0 Å². The number of para-hydroxylation sites is 1. The molecule has 1 aliphatic carbocycles. The second-order valence-electron chi connectivity index (χ2n) is 5.28. The van der Waals surface area contributed by atoms with Crippen LogP contribution < -0.4 is 5.32 Å². The lowest BCUT2D eigenvalue weighted by Gasteiger charge is -2.31. The molecule has 0 radical (unpaired) electrons. The van der Waals surface area contributed by atoms with Crippen molar-refractivity contribution in [3.8, 4) is 0 Å². The van der Waals surface area contributed by atoms with E-state index in [1.165, 1.54) is 18.2 Å². The molecule has 0 saturated heterocycles. The van der Waals surface area contributed by atoms with Crippen LogP contribution in [0, 0.1) is 5.92 Å². The average molecular weight is 311 g/mol. The minimum atomic E-state index is -4.48. The van der Waals surface area contributed by atoms with Crippen LogP contribution >= 0.6 is 0 Å². The summed E-state index contributed by atoms with van der Waals surface area (Å²) in [7, 11) is 0. The Morgan fingerprint density at radius 2 is 1.43 bits per heavy atom. The van der Waals surface area contributed by atoms with Crippen molar-refractivity contribution in [1.29, 1.82) is 0 Å². The fraction of sp³-hybridized carbons (Fsp3) is 0.571. The van der Waals surface area contributed by atoms with E-state index in [1.54, 1.807) is 0 Å². The lowest BCUT2D eigenvalue weighted by molar-refractivity contribution is -0.182. The molecule has 0 atom stereocenters. The summed E-state index contributed by atoms with van der Waals surface area (Å²) in [6, 6.07) is 4.67. The van der Waals surface area contributed by atoms with Crippen molar-refractivity contribution in [3.63, 3.8) is 0 Å². The van der Waals surface area contributed by atoms with E-state index in [0.717, 1.165) is 6.07 Å². The van der Waals surface area contributed by atoms with E-state index in [0.29, 0.717) is 0 Å². The van der Waals surface area contributed by atoms with E-state index in [9.17, 15) is 26.3 Å². The van der Waals surface area contributed by atoms with Gasteiger partial charge >= 0.3 is 12.4 Å². The molecule has 2 rings (SSSR count). The van der Waals surface area contributed by atoms with Gasteiger partial charge in [0, 0.05) is 11.7 Å². The monoisotopic (exact) mass is 311 g/mol. The van der Waals surface area contributed by atoms with Gasteiger partial charge in [-0.05, 0) is 37.8 Å². The number of rotatable bonds is 2. The zero-order chi connectivity index (χ0) is 15.7. The molecule has 0 unspecified atom stereocenters. The largest absolute Gasteiger partial charge is 0.418 e. The second kappa shape index (κ2) is 5.77. The molecule has 1 aromatic carbocycles. The van der Waals surface area contributed by atoms with Crippen LogP contribution in [0.15, 0.2) is 24.3 Å². The highest BCUT2D eigenvalue weighted by Gasteiger charge is 2.41. The summed E-state index contributed by atoms with van der Waals surface area (Å²) in [4.78, 5) is 0. The minimum Gasteiger partial charge on any atom is -0.382 e. The molecule has 0 bridgehead atoms. The fourth-order valence-electron chi connectivity index (χ4n) is 2.64. The number of anilines is 1. The number of hydrogen-bond donors (Lipinski definition) is 1. The zero-order valence-corrected chi connectivity index (χ0v) is 11.1. The second-order valence-corrected chi connectivity index (χ2v) is 5.28. The third-order valence-electron chi connectivity index (χ3n) is 3.78. The van der Waals surface area contributed by atoms with Gasteiger partial charge in [-0.2, -0.15) is 26.3 Å². The number of alkyl halides is 6. The molecule has 0 heterocycles. The van der Waals surface area contributed by atoms with Crippen molar-refractivity contribution in [2.75, 3.05) is 5.32 Å². The lowest BCUT2D eigenvalue weighted by atomic mass is 9.85. The molecule has 1 saturated carbocycles. The van der Waals surface area contributed by atoms with E-state index >= 15 is 0 Å². The highest BCUT2D eigenvalue weighted by Crippen LogP contribution is 2.39.